The maximum atomic E-state index is 13.7. The molecule has 1 aliphatic heterocycles. The maximum absolute atomic E-state index is 13.7. The van der Waals surface area contributed by atoms with Gasteiger partial charge in [-0.15, -0.1) is 0 Å². The van der Waals surface area contributed by atoms with Crippen molar-refractivity contribution in [2.45, 2.75) is 32.7 Å². The summed E-state index contributed by atoms with van der Waals surface area (Å²) in [6, 6.07) is 19.4. The van der Waals surface area contributed by atoms with Crippen LogP contribution in [0.5, 0.6) is 5.75 Å². The van der Waals surface area contributed by atoms with Gasteiger partial charge in [0.25, 0.3) is 5.91 Å². The monoisotopic (exact) mass is 473 g/mol. The molecule has 0 saturated heterocycles. The minimum Gasteiger partial charge on any atom is -0.494 e. The molecule has 34 heavy (non-hydrogen) atoms. The first kappa shape index (κ1) is 22.2. The number of aryl methyl sites for hydroxylation is 1. The molecule has 5 nitrogen and oxygen atoms in total. The van der Waals surface area contributed by atoms with Gasteiger partial charge in [-0.2, -0.15) is 0 Å². The summed E-state index contributed by atoms with van der Waals surface area (Å²) in [6.07, 6.45) is 1.98. The molecule has 0 radical (unpaired) electrons. The molecular formula is C28H24ClNO4. The first-order valence-electron chi connectivity index (χ1n) is 11.4. The summed E-state index contributed by atoms with van der Waals surface area (Å²) >= 11 is 6.17. The van der Waals surface area contributed by atoms with Crippen LogP contribution in [0, 0.1) is 6.92 Å². The topological polar surface area (TPSA) is 59.8 Å². The van der Waals surface area contributed by atoms with Crippen LogP contribution in [0.3, 0.4) is 0 Å². The predicted molar refractivity (Wildman–Crippen MR) is 134 cm³/mol. The van der Waals surface area contributed by atoms with Crippen molar-refractivity contribution in [2.75, 3.05) is 11.5 Å². The van der Waals surface area contributed by atoms with Crippen LogP contribution in [0.1, 0.15) is 53.1 Å². The van der Waals surface area contributed by atoms with Crippen LogP contribution in [-0.4, -0.2) is 12.5 Å². The van der Waals surface area contributed by atoms with Gasteiger partial charge in [-0.05, 0) is 61.4 Å². The number of carbonyl (C=O) groups excluding carboxylic acids is 1. The highest BCUT2D eigenvalue weighted by atomic mass is 35.5. The molecule has 1 amide bonds. The average molecular weight is 474 g/mol. The average Bonchev–Trinajstić information content (AvgIpc) is 3.13. The van der Waals surface area contributed by atoms with Crippen molar-refractivity contribution in [1.29, 1.82) is 0 Å². The first-order valence-corrected chi connectivity index (χ1v) is 11.7. The summed E-state index contributed by atoms with van der Waals surface area (Å²) < 4.78 is 11.9. The van der Waals surface area contributed by atoms with Gasteiger partial charge >= 0.3 is 0 Å². The minimum absolute atomic E-state index is 0.0581. The first-order chi connectivity index (χ1) is 16.5. The van der Waals surface area contributed by atoms with Gasteiger partial charge in [0.1, 0.15) is 11.3 Å². The number of unbranched alkanes of at least 4 members (excludes halogenated alkanes) is 1. The van der Waals surface area contributed by atoms with Crippen LogP contribution in [-0.2, 0) is 0 Å². The van der Waals surface area contributed by atoms with E-state index in [4.69, 9.17) is 20.8 Å². The summed E-state index contributed by atoms with van der Waals surface area (Å²) in [5, 5.41) is 0.785. The fourth-order valence-electron chi connectivity index (χ4n) is 4.34. The normalized spacial score (nSPS) is 15.1. The molecule has 0 fully saturated rings. The molecule has 0 spiro atoms. The van der Waals surface area contributed by atoms with Crippen molar-refractivity contribution < 1.29 is 13.9 Å². The van der Waals surface area contributed by atoms with E-state index in [9.17, 15) is 9.59 Å². The highest BCUT2D eigenvalue weighted by molar-refractivity contribution is 6.31. The predicted octanol–water partition coefficient (Wildman–Crippen LogP) is 6.68. The Bertz CT molecular complexity index is 1440. The van der Waals surface area contributed by atoms with E-state index in [0.29, 0.717) is 39.6 Å². The fraction of sp³-hybridized carbons (Fsp3) is 0.214. The molecule has 1 aromatic heterocycles. The lowest BCUT2D eigenvalue weighted by atomic mass is 9.98. The van der Waals surface area contributed by atoms with Crippen molar-refractivity contribution in [2.24, 2.45) is 0 Å². The maximum Gasteiger partial charge on any atom is 0.295 e. The van der Waals surface area contributed by atoms with Gasteiger partial charge < -0.3 is 9.15 Å². The Morgan fingerprint density at radius 1 is 1.03 bits per heavy atom. The zero-order valence-electron chi connectivity index (χ0n) is 19.0. The molecule has 172 valence electrons. The van der Waals surface area contributed by atoms with Crippen LogP contribution in [0.4, 0.5) is 5.69 Å². The van der Waals surface area contributed by atoms with Crippen LogP contribution < -0.4 is 15.1 Å². The molecular weight excluding hydrogens is 450 g/mol. The summed E-state index contributed by atoms with van der Waals surface area (Å²) in [5.41, 5.74) is 2.92. The second kappa shape index (κ2) is 8.99. The van der Waals surface area contributed by atoms with Gasteiger partial charge in [-0.3, -0.25) is 14.5 Å². The molecule has 1 aliphatic rings. The van der Waals surface area contributed by atoms with Gasteiger partial charge in [0.2, 0.25) is 5.76 Å². The molecule has 3 aromatic carbocycles. The number of anilines is 1. The van der Waals surface area contributed by atoms with Gasteiger partial charge in [-0.1, -0.05) is 54.8 Å². The second-order valence-electron chi connectivity index (χ2n) is 8.50. The summed E-state index contributed by atoms with van der Waals surface area (Å²) in [7, 11) is 0. The number of nitrogens with zero attached hydrogens (tertiary/aromatic N) is 1. The Hall–Kier alpha value is -3.57. The van der Waals surface area contributed by atoms with E-state index >= 15 is 0 Å². The zero-order chi connectivity index (χ0) is 23.8. The van der Waals surface area contributed by atoms with Crippen molar-refractivity contribution in [3.05, 3.63) is 104 Å². The number of carbonyl (C=O) groups is 1. The van der Waals surface area contributed by atoms with E-state index in [2.05, 4.69) is 6.92 Å². The third-order valence-electron chi connectivity index (χ3n) is 6.08. The number of rotatable bonds is 6. The molecule has 5 rings (SSSR count). The number of ether oxygens (including phenoxy) is 1. The highest BCUT2D eigenvalue weighted by Crippen LogP contribution is 2.42. The van der Waals surface area contributed by atoms with E-state index < -0.39 is 6.04 Å². The Morgan fingerprint density at radius 2 is 1.82 bits per heavy atom. The van der Waals surface area contributed by atoms with Gasteiger partial charge in [0, 0.05) is 10.7 Å². The van der Waals surface area contributed by atoms with E-state index in [1.807, 2.05) is 55.5 Å². The van der Waals surface area contributed by atoms with Gasteiger partial charge in [0.15, 0.2) is 5.43 Å². The van der Waals surface area contributed by atoms with Crippen molar-refractivity contribution >= 4 is 34.2 Å². The number of halogens is 1. The highest BCUT2D eigenvalue weighted by Gasteiger charge is 2.43. The van der Waals surface area contributed by atoms with Crippen LogP contribution in [0.15, 0.2) is 75.9 Å². The number of fused-ring (bicyclic) bond motifs is 2. The van der Waals surface area contributed by atoms with Crippen molar-refractivity contribution in [1.82, 2.24) is 0 Å². The third-order valence-corrected chi connectivity index (χ3v) is 6.32. The number of hydrogen-bond acceptors (Lipinski definition) is 4. The standard InChI is InChI=1S/C28H24ClNO4/c1-3-4-14-33-21-7-5-6-18(15-21)25-24-26(31)22-16-19(29)10-13-23(22)34-27(24)28(32)30(25)20-11-8-17(2)9-12-20/h5-13,15-16,25H,3-4,14H2,1-2H3. The molecule has 1 atom stereocenters. The summed E-state index contributed by atoms with van der Waals surface area (Å²) in [4.78, 5) is 29.0. The second-order valence-corrected chi connectivity index (χ2v) is 8.94. The lowest BCUT2D eigenvalue weighted by Crippen LogP contribution is -2.29. The minimum atomic E-state index is -0.653. The lowest BCUT2D eigenvalue weighted by molar-refractivity contribution is 0.0971. The van der Waals surface area contributed by atoms with Crippen molar-refractivity contribution in [3.63, 3.8) is 0 Å². The largest absolute Gasteiger partial charge is 0.494 e. The Morgan fingerprint density at radius 3 is 2.59 bits per heavy atom. The lowest BCUT2D eigenvalue weighted by Gasteiger charge is -2.25. The van der Waals surface area contributed by atoms with E-state index in [1.54, 1.807) is 23.1 Å². The third kappa shape index (κ3) is 3.86. The Balaban J connectivity index is 1.71. The van der Waals surface area contributed by atoms with E-state index in [1.165, 1.54) is 0 Å². The molecule has 2 heterocycles. The molecule has 0 N–H and O–H groups in total. The quantitative estimate of drug-likeness (QED) is 0.293. The molecule has 0 bridgehead atoms. The van der Waals surface area contributed by atoms with E-state index in [0.717, 1.165) is 24.0 Å². The van der Waals surface area contributed by atoms with Crippen LogP contribution >= 0.6 is 11.6 Å². The summed E-state index contributed by atoms with van der Waals surface area (Å²) in [5.74, 6) is 0.404. The zero-order valence-corrected chi connectivity index (χ0v) is 19.8. The number of hydrogen-bond donors (Lipinski definition) is 0. The summed E-state index contributed by atoms with van der Waals surface area (Å²) in [6.45, 7) is 4.70. The molecule has 0 aliphatic carbocycles. The molecule has 1 unspecified atom stereocenters. The van der Waals surface area contributed by atoms with Crippen LogP contribution in [0.25, 0.3) is 11.0 Å². The van der Waals surface area contributed by atoms with Gasteiger partial charge in [0.05, 0.1) is 23.6 Å². The Labute approximate surface area is 202 Å². The molecule has 6 heteroatoms. The van der Waals surface area contributed by atoms with Gasteiger partial charge in [-0.25, -0.2) is 0 Å². The SMILES string of the molecule is CCCCOc1cccc(C2c3c(oc4ccc(Cl)cc4c3=O)C(=O)N2c2ccc(C)cc2)c1. The smallest absolute Gasteiger partial charge is 0.295 e. The van der Waals surface area contributed by atoms with Crippen LogP contribution in [0.2, 0.25) is 5.02 Å². The Kier molecular flexibility index (Phi) is 5.88. The molecule has 4 aromatic rings. The molecule has 0 saturated carbocycles. The van der Waals surface area contributed by atoms with E-state index in [-0.39, 0.29) is 17.1 Å². The fourth-order valence-corrected chi connectivity index (χ4v) is 4.51. The number of amides is 1. The number of benzene rings is 3. The van der Waals surface area contributed by atoms with Crippen molar-refractivity contribution in [3.8, 4) is 5.75 Å².